The zero-order valence-electron chi connectivity index (χ0n) is 7.15. The van der Waals surface area contributed by atoms with Crippen molar-refractivity contribution in [1.82, 2.24) is 0 Å². The van der Waals surface area contributed by atoms with Crippen molar-refractivity contribution < 1.29 is 0 Å². The Balaban J connectivity index is 3.79. The van der Waals surface area contributed by atoms with E-state index < -0.39 is 0 Å². The lowest BCUT2D eigenvalue weighted by atomic mass is 10.2. The molecule has 0 aliphatic rings. The molecule has 0 saturated carbocycles. The summed E-state index contributed by atoms with van der Waals surface area (Å²) in [5.74, 6) is 0. The molecule has 58 valence electrons. The molecule has 0 bridgehead atoms. The van der Waals surface area contributed by atoms with Gasteiger partial charge >= 0.3 is 0 Å². The minimum atomic E-state index is 0.749. The molecule has 0 heterocycles. The van der Waals surface area contributed by atoms with Crippen LogP contribution in [0.4, 0.5) is 0 Å². The van der Waals surface area contributed by atoms with Crippen LogP contribution < -0.4 is 5.73 Å². The van der Waals surface area contributed by atoms with E-state index in [1.807, 2.05) is 0 Å². The molecule has 0 amide bonds. The van der Waals surface area contributed by atoms with Gasteiger partial charge in [-0.1, -0.05) is 23.3 Å². The van der Waals surface area contributed by atoms with E-state index in [0.717, 1.165) is 13.0 Å². The molecule has 2 N–H and O–H groups in total. The Labute approximate surface area is 63.6 Å². The van der Waals surface area contributed by atoms with Crippen molar-refractivity contribution in [3.8, 4) is 0 Å². The molecule has 0 atom stereocenters. The van der Waals surface area contributed by atoms with E-state index in [4.69, 9.17) is 5.73 Å². The van der Waals surface area contributed by atoms with Crippen LogP contribution >= 0.6 is 0 Å². The van der Waals surface area contributed by atoms with E-state index in [1.54, 1.807) is 0 Å². The Morgan fingerprint density at radius 3 is 2.20 bits per heavy atom. The number of hydrogen-bond donors (Lipinski definition) is 1. The van der Waals surface area contributed by atoms with E-state index in [0.29, 0.717) is 0 Å². The highest BCUT2D eigenvalue weighted by atomic mass is 14.5. The summed E-state index contributed by atoms with van der Waals surface area (Å²) in [6, 6.07) is 0. The Morgan fingerprint density at radius 2 is 1.80 bits per heavy atom. The zero-order chi connectivity index (χ0) is 7.98. The molecule has 0 aliphatic carbocycles. The van der Waals surface area contributed by atoms with Gasteiger partial charge < -0.3 is 5.73 Å². The van der Waals surface area contributed by atoms with Crippen LogP contribution in [0.2, 0.25) is 0 Å². The first kappa shape index (κ1) is 9.44. The van der Waals surface area contributed by atoms with Crippen molar-refractivity contribution >= 4 is 0 Å². The molecule has 0 fully saturated rings. The van der Waals surface area contributed by atoms with Gasteiger partial charge in [-0.2, -0.15) is 0 Å². The molecule has 0 saturated heterocycles. The summed E-state index contributed by atoms with van der Waals surface area (Å²) < 4.78 is 0. The molecule has 0 aromatic carbocycles. The number of hydrogen-bond acceptors (Lipinski definition) is 1. The molecule has 0 rings (SSSR count). The topological polar surface area (TPSA) is 26.0 Å². The number of rotatable bonds is 3. The smallest absolute Gasteiger partial charge is 0.00399 e. The SMILES string of the molecule is CC(C)=C/C=C(\C)CCN. The van der Waals surface area contributed by atoms with Gasteiger partial charge in [0.1, 0.15) is 0 Å². The van der Waals surface area contributed by atoms with Crippen molar-refractivity contribution in [2.75, 3.05) is 6.54 Å². The average Bonchev–Trinajstić information content (AvgIpc) is 1.85. The highest BCUT2D eigenvalue weighted by molar-refractivity contribution is 5.13. The fourth-order valence-electron chi connectivity index (χ4n) is 0.620. The van der Waals surface area contributed by atoms with Gasteiger partial charge in [0.25, 0.3) is 0 Å². The van der Waals surface area contributed by atoms with E-state index in [2.05, 4.69) is 32.9 Å². The quantitative estimate of drug-likeness (QED) is 0.596. The fraction of sp³-hybridized carbons (Fsp3) is 0.556. The van der Waals surface area contributed by atoms with E-state index in [-0.39, 0.29) is 0 Å². The predicted molar refractivity (Wildman–Crippen MR) is 46.9 cm³/mol. The summed E-state index contributed by atoms with van der Waals surface area (Å²) in [4.78, 5) is 0. The first-order valence-electron chi connectivity index (χ1n) is 3.67. The van der Waals surface area contributed by atoms with Crippen molar-refractivity contribution in [2.24, 2.45) is 5.73 Å². The van der Waals surface area contributed by atoms with Crippen molar-refractivity contribution in [1.29, 1.82) is 0 Å². The van der Waals surface area contributed by atoms with E-state index in [9.17, 15) is 0 Å². The molecule has 0 aliphatic heterocycles. The summed E-state index contributed by atoms with van der Waals surface area (Å²) in [5.41, 5.74) is 8.05. The van der Waals surface area contributed by atoms with Crippen LogP contribution in [0.15, 0.2) is 23.3 Å². The highest BCUT2D eigenvalue weighted by Gasteiger charge is 1.83. The van der Waals surface area contributed by atoms with Crippen molar-refractivity contribution in [2.45, 2.75) is 27.2 Å². The summed E-state index contributed by atoms with van der Waals surface area (Å²) in [7, 11) is 0. The maximum Gasteiger partial charge on any atom is -0.00399 e. The van der Waals surface area contributed by atoms with E-state index in [1.165, 1.54) is 11.1 Å². The molecule has 10 heavy (non-hydrogen) atoms. The van der Waals surface area contributed by atoms with Gasteiger partial charge in [-0.25, -0.2) is 0 Å². The minimum Gasteiger partial charge on any atom is -0.330 e. The monoisotopic (exact) mass is 139 g/mol. The standard InChI is InChI=1S/C9H17N/c1-8(2)4-5-9(3)6-7-10/h4-5H,6-7,10H2,1-3H3/b9-5+. The lowest BCUT2D eigenvalue weighted by molar-refractivity contribution is 0.950. The predicted octanol–water partition coefficient (Wildman–Crippen LogP) is 2.25. The van der Waals surface area contributed by atoms with Gasteiger partial charge in [0.05, 0.1) is 0 Å². The second-order valence-corrected chi connectivity index (χ2v) is 2.80. The summed E-state index contributed by atoms with van der Waals surface area (Å²) >= 11 is 0. The van der Waals surface area contributed by atoms with Crippen molar-refractivity contribution in [3.63, 3.8) is 0 Å². The largest absolute Gasteiger partial charge is 0.330 e. The van der Waals surface area contributed by atoms with Crippen LogP contribution in [-0.2, 0) is 0 Å². The number of nitrogens with two attached hydrogens (primary N) is 1. The first-order chi connectivity index (χ1) is 4.66. The molecular formula is C9H17N. The Bertz CT molecular complexity index is 139. The Hall–Kier alpha value is -0.560. The van der Waals surface area contributed by atoms with Crippen LogP contribution in [0.1, 0.15) is 27.2 Å². The Morgan fingerprint density at radius 1 is 1.20 bits per heavy atom. The van der Waals surface area contributed by atoms with E-state index >= 15 is 0 Å². The van der Waals surface area contributed by atoms with Gasteiger partial charge in [0.2, 0.25) is 0 Å². The second-order valence-electron chi connectivity index (χ2n) is 2.80. The molecule has 0 aromatic rings. The maximum absolute atomic E-state index is 5.37. The van der Waals surface area contributed by atoms with Crippen molar-refractivity contribution in [3.05, 3.63) is 23.3 Å². The third-order valence-corrected chi connectivity index (χ3v) is 1.24. The van der Waals surface area contributed by atoms with Crippen LogP contribution in [0.25, 0.3) is 0 Å². The maximum atomic E-state index is 5.37. The van der Waals surface area contributed by atoms with Crippen LogP contribution in [0.5, 0.6) is 0 Å². The summed E-state index contributed by atoms with van der Waals surface area (Å²) in [6.45, 7) is 7.03. The Kier molecular flexibility index (Phi) is 4.95. The average molecular weight is 139 g/mol. The highest BCUT2D eigenvalue weighted by Crippen LogP contribution is 1.99. The van der Waals surface area contributed by atoms with Gasteiger partial charge in [-0.3, -0.25) is 0 Å². The summed E-state index contributed by atoms with van der Waals surface area (Å²) in [5, 5.41) is 0. The van der Waals surface area contributed by atoms with Gasteiger partial charge in [-0.05, 0) is 33.7 Å². The molecule has 0 aromatic heterocycles. The molecular weight excluding hydrogens is 122 g/mol. The third-order valence-electron chi connectivity index (χ3n) is 1.24. The molecule has 0 radical (unpaired) electrons. The van der Waals surface area contributed by atoms with Gasteiger partial charge in [0, 0.05) is 0 Å². The van der Waals surface area contributed by atoms with Crippen LogP contribution in [0.3, 0.4) is 0 Å². The molecule has 1 heteroatoms. The van der Waals surface area contributed by atoms with Gasteiger partial charge in [0.15, 0.2) is 0 Å². The minimum absolute atomic E-state index is 0.749. The summed E-state index contributed by atoms with van der Waals surface area (Å²) in [6.07, 6.45) is 5.25. The normalized spacial score (nSPS) is 11.4. The lowest BCUT2D eigenvalue weighted by Gasteiger charge is -1.93. The zero-order valence-corrected chi connectivity index (χ0v) is 7.15. The molecule has 1 nitrogen and oxygen atoms in total. The van der Waals surface area contributed by atoms with Crippen LogP contribution in [0, 0.1) is 0 Å². The second kappa shape index (κ2) is 5.24. The number of allylic oxidation sites excluding steroid dienone is 3. The molecule has 0 spiro atoms. The third kappa shape index (κ3) is 5.57. The fourth-order valence-corrected chi connectivity index (χ4v) is 0.620. The lowest BCUT2D eigenvalue weighted by Crippen LogP contribution is -1.98. The van der Waals surface area contributed by atoms with Gasteiger partial charge in [-0.15, -0.1) is 0 Å². The molecule has 0 unspecified atom stereocenters. The van der Waals surface area contributed by atoms with Crippen LogP contribution in [-0.4, -0.2) is 6.54 Å². The first-order valence-corrected chi connectivity index (χ1v) is 3.67.